The summed E-state index contributed by atoms with van der Waals surface area (Å²) in [6, 6.07) is 7.51. The van der Waals surface area contributed by atoms with Crippen LogP contribution in [0.2, 0.25) is 5.02 Å². The average Bonchev–Trinajstić information content (AvgIpc) is 3.03. The molecule has 0 radical (unpaired) electrons. The smallest absolute Gasteiger partial charge is 0.230 e. The molecule has 0 aliphatic heterocycles. The fraction of sp³-hybridized carbons (Fsp3) is 0.500. The molecule has 1 aromatic carbocycles. The molecule has 0 fully saturated rings. The summed E-state index contributed by atoms with van der Waals surface area (Å²) in [6.45, 7) is 4.44. The van der Waals surface area contributed by atoms with Gasteiger partial charge in [0, 0.05) is 23.9 Å². The molecule has 0 spiro atoms. The van der Waals surface area contributed by atoms with Gasteiger partial charge in [-0.3, -0.25) is 14.3 Å². The Hall–Kier alpha value is -1.61. The molecular weight excluding hydrogens is 386 g/mol. The van der Waals surface area contributed by atoms with Crippen LogP contribution in [0.5, 0.6) is 0 Å². The van der Waals surface area contributed by atoms with Crippen LogP contribution in [-0.2, 0) is 9.53 Å². The number of methoxy groups -OCH3 is 1. The van der Waals surface area contributed by atoms with Crippen LogP contribution in [0.3, 0.4) is 0 Å². The first-order chi connectivity index (χ1) is 12.8. The molecular formula is C18H26ClN5O2S. The number of nitrogens with one attached hydrogen (secondary N) is 1. The van der Waals surface area contributed by atoms with Crippen LogP contribution in [0, 0.1) is 0 Å². The predicted octanol–water partition coefficient (Wildman–Crippen LogP) is 2.79. The van der Waals surface area contributed by atoms with Gasteiger partial charge < -0.3 is 10.1 Å². The van der Waals surface area contributed by atoms with Crippen LogP contribution in [-0.4, -0.2) is 65.2 Å². The van der Waals surface area contributed by atoms with E-state index >= 15 is 0 Å². The molecule has 1 amide bonds. The highest BCUT2D eigenvalue weighted by Gasteiger charge is 2.21. The van der Waals surface area contributed by atoms with Crippen LogP contribution in [0.15, 0.2) is 29.4 Å². The summed E-state index contributed by atoms with van der Waals surface area (Å²) in [4.78, 5) is 14.2. The molecule has 0 aliphatic carbocycles. The molecule has 0 saturated heterocycles. The van der Waals surface area contributed by atoms with Gasteiger partial charge in [-0.1, -0.05) is 23.4 Å². The van der Waals surface area contributed by atoms with Gasteiger partial charge in [0.05, 0.1) is 18.4 Å². The zero-order valence-corrected chi connectivity index (χ0v) is 17.8. The van der Waals surface area contributed by atoms with Crippen LogP contribution in [0.4, 0.5) is 0 Å². The number of benzene rings is 1. The minimum atomic E-state index is -0.0718. The lowest BCUT2D eigenvalue weighted by Crippen LogP contribution is -2.36. The number of carbonyl (C=O) groups is 1. The van der Waals surface area contributed by atoms with Crippen molar-refractivity contribution < 1.29 is 9.53 Å². The van der Waals surface area contributed by atoms with E-state index in [1.807, 2.05) is 49.9 Å². The topological polar surface area (TPSA) is 72.3 Å². The highest BCUT2D eigenvalue weighted by Crippen LogP contribution is 2.27. The molecule has 9 heteroatoms. The van der Waals surface area contributed by atoms with Crippen LogP contribution >= 0.6 is 23.4 Å². The van der Waals surface area contributed by atoms with Crippen LogP contribution in [0.1, 0.15) is 25.7 Å². The predicted molar refractivity (Wildman–Crippen MR) is 109 cm³/mol. The van der Waals surface area contributed by atoms with E-state index in [9.17, 15) is 4.79 Å². The van der Waals surface area contributed by atoms with Crippen LogP contribution < -0.4 is 5.32 Å². The maximum atomic E-state index is 12.2. The zero-order chi connectivity index (χ0) is 20.0. The molecule has 1 heterocycles. The van der Waals surface area contributed by atoms with Gasteiger partial charge in [-0.05, 0) is 52.2 Å². The lowest BCUT2D eigenvalue weighted by atomic mass is 10.2. The summed E-state index contributed by atoms with van der Waals surface area (Å²) in [6.07, 6.45) is 0. The van der Waals surface area contributed by atoms with E-state index in [4.69, 9.17) is 16.3 Å². The number of aromatic nitrogens is 3. The molecule has 7 nitrogen and oxygen atoms in total. The largest absolute Gasteiger partial charge is 0.383 e. The summed E-state index contributed by atoms with van der Waals surface area (Å²) in [5.41, 5.74) is 0.906. The Morgan fingerprint density at radius 1 is 1.30 bits per heavy atom. The van der Waals surface area contributed by atoms with E-state index in [1.54, 1.807) is 7.11 Å². The second kappa shape index (κ2) is 10.1. The number of thioether (sulfide) groups is 1. The molecule has 2 rings (SSSR count). The second-order valence-electron chi connectivity index (χ2n) is 6.50. The number of halogens is 1. The van der Waals surface area contributed by atoms with Crippen molar-refractivity contribution in [1.82, 2.24) is 25.0 Å². The molecule has 2 aromatic rings. The molecule has 1 aromatic heterocycles. The van der Waals surface area contributed by atoms with Gasteiger partial charge in [0.2, 0.25) is 5.91 Å². The molecule has 2 atom stereocenters. The highest BCUT2D eigenvalue weighted by molar-refractivity contribution is 7.99. The monoisotopic (exact) mass is 411 g/mol. The number of rotatable bonds is 9. The van der Waals surface area contributed by atoms with E-state index in [0.717, 1.165) is 11.5 Å². The first kappa shape index (κ1) is 21.7. The molecule has 2 unspecified atom stereocenters. The molecule has 0 aliphatic rings. The number of ether oxygens (including phenoxy) is 1. The standard InChI is InChI=1S/C18H26ClN5O2S/c1-12(10-26-5)20-16(25)11-27-18-22-21-17(13(2)23(3)4)24(18)15-8-6-14(19)7-9-15/h6-9,12-13H,10-11H2,1-5H3,(H,20,25). The van der Waals surface area contributed by atoms with Crippen molar-refractivity contribution in [3.63, 3.8) is 0 Å². The molecule has 27 heavy (non-hydrogen) atoms. The quantitative estimate of drug-likeness (QED) is 0.639. The number of hydrogen-bond donors (Lipinski definition) is 1. The normalized spacial score (nSPS) is 13.6. The molecule has 1 N–H and O–H groups in total. The third-order valence-corrected chi connectivity index (χ3v) is 5.23. The number of hydrogen-bond acceptors (Lipinski definition) is 6. The van der Waals surface area contributed by atoms with Gasteiger partial charge in [0.15, 0.2) is 11.0 Å². The van der Waals surface area contributed by atoms with Crippen molar-refractivity contribution >= 4 is 29.3 Å². The lowest BCUT2D eigenvalue weighted by Gasteiger charge is -2.20. The maximum absolute atomic E-state index is 12.2. The van der Waals surface area contributed by atoms with Crippen molar-refractivity contribution in [2.24, 2.45) is 0 Å². The van der Waals surface area contributed by atoms with Gasteiger partial charge in [-0.15, -0.1) is 10.2 Å². The van der Waals surface area contributed by atoms with E-state index in [-0.39, 0.29) is 23.7 Å². The van der Waals surface area contributed by atoms with Crippen molar-refractivity contribution in [2.45, 2.75) is 31.1 Å². The van der Waals surface area contributed by atoms with Crippen molar-refractivity contribution in [3.8, 4) is 5.69 Å². The Bertz CT molecular complexity index is 751. The van der Waals surface area contributed by atoms with Crippen LogP contribution in [0.25, 0.3) is 5.69 Å². The Morgan fingerprint density at radius 3 is 2.56 bits per heavy atom. The average molecular weight is 412 g/mol. The Labute approximate surface area is 169 Å². The Morgan fingerprint density at radius 2 is 1.96 bits per heavy atom. The maximum Gasteiger partial charge on any atom is 0.230 e. The first-order valence-corrected chi connectivity index (χ1v) is 9.98. The third kappa shape index (κ3) is 5.93. The minimum absolute atomic E-state index is 0.0402. The van der Waals surface area contributed by atoms with E-state index in [1.165, 1.54) is 11.8 Å². The van der Waals surface area contributed by atoms with Gasteiger partial charge in [0.25, 0.3) is 0 Å². The number of nitrogens with zero attached hydrogens (tertiary/aromatic N) is 4. The van der Waals surface area contributed by atoms with Gasteiger partial charge in [0.1, 0.15) is 0 Å². The lowest BCUT2D eigenvalue weighted by molar-refractivity contribution is -0.119. The van der Waals surface area contributed by atoms with Gasteiger partial charge >= 0.3 is 0 Å². The minimum Gasteiger partial charge on any atom is -0.383 e. The van der Waals surface area contributed by atoms with E-state index in [0.29, 0.717) is 16.8 Å². The third-order valence-electron chi connectivity index (χ3n) is 4.05. The summed E-state index contributed by atoms with van der Waals surface area (Å²) in [5.74, 6) is 0.978. The molecule has 148 valence electrons. The molecule has 0 bridgehead atoms. The Kier molecular flexibility index (Phi) is 8.09. The first-order valence-electron chi connectivity index (χ1n) is 8.62. The fourth-order valence-electron chi connectivity index (χ4n) is 2.45. The SMILES string of the molecule is COCC(C)NC(=O)CSc1nnc(C(C)N(C)C)n1-c1ccc(Cl)cc1. The summed E-state index contributed by atoms with van der Waals surface area (Å²) < 4.78 is 7.01. The van der Waals surface area contributed by atoms with Gasteiger partial charge in [-0.2, -0.15) is 0 Å². The fourth-order valence-corrected chi connectivity index (χ4v) is 3.34. The molecule has 0 saturated carbocycles. The second-order valence-corrected chi connectivity index (χ2v) is 7.88. The van der Waals surface area contributed by atoms with Crippen molar-refractivity contribution in [1.29, 1.82) is 0 Å². The zero-order valence-electron chi connectivity index (χ0n) is 16.3. The van der Waals surface area contributed by atoms with E-state index in [2.05, 4.69) is 27.3 Å². The Balaban J connectivity index is 2.23. The van der Waals surface area contributed by atoms with Gasteiger partial charge in [-0.25, -0.2) is 0 Å². The highest BCUT2D eigenvalue weighted by atomic mass is 35.5. The summed E-state index contributed by atoms with van der Waals surface area (Å²) in [7, 11) is 5.59. The van der Waals surface area contributed by atoms with Crippen molar-refractivity contribution in [2.75, 3.05) is 33.6 Å². The van der Waals surface area contributed by atoms with E-state index < -0.39 is 0 Å². The number of amides is 1. The number of carbonyl (C=O) groups excluding carboxylic acids is 1. The summed E-state index contributed by atoms with van der Waals surface area (Å²) in [5, 5.41) is 12.9. The summed E-state index contributed by atoms with van der Waals surface area (Å²) >= 11 is 7.37. The van der Waals surface area contributed by atoms with Crippen molar-refractivity contribution in [3.05, 3.63) is 35.1 Å².